The average Bonchev–Trinajstić information content (AvgIpc) is 2.37. The fraction of sp³-hybridized carbons (Fsp3) is 0.333. The first-order valence-corrected chi connectivity index (χ1v) is 6.26. The Morgan fingerprint density at radius 1 is 1.17 bits per heavy atom. The summed E-state index contributed by atoms with van der Waals surface area (Å²) in [5.74, 6) is 0.236. The lowest BCUT2D eigenvalue weighted by Gasteiger charge is -2.09. The molecule has 0 saturated heterocycles. The van der Waals surface area contributed by atoms with Gasteiger partial charge in [-0.1, -0.05) is 12.1 Å². The van der Waals surface area contributed by atoms with Crippen LogP contribution in [0.2, 0.25) is 0 Å². The fourth-order valence-electron chi connectivity index (χ4n) is 2.11. The molecule has 0 unspecified atom stereocenters. The van der Waals surface area contributed by atoms with Gasteiger partial charge in [-0.15, -0.1) is 0 Å². The highest BCUT2D eigenvalue weighted by molar-refractivity contribution is 5.78. The SMILES string of the molecule is CC(=O)CCCCn1ccc(=O)c2ccccc21. The van der Waals surface area contributed by atoms with E-state index in [2.05, 4.69) is 4.57 Å². The first kappa shape index (κ1) is 12.6. The number of hydrogen-bond donors (Lipinski definition) is 0. The largest absolute Gasteiger partial charge is 0.347 e. The van der Waals surface area contributed by atoms with Crippen LogP contribution in [0.25, 0.3) is 10.9 Å². The van der Waals surface area contributed by atoms with Crippen molar-refractivity contribution < 1.29 is 4.79 Å². The van der Waals surface area contributed by atoms with Gasteiger partial charge < -0.3 is 9.36 Å². The Hall–Kier alpha value is -1.90. The summed E-state index contributed by atoms with van der Waals surface area (Å²) < 4.78 is 2.08. The summed E-state index contributed by atoms with van der Waals surface area (Å²) in [7, 11) is 0. The number of unbranched alkanes of at least 4 members (excludes halogenated alkanes) is 1. The van der Waals surface area contributed by atoms with Crippen LogP contribution in [-0.4, -0.2) is 10.4 Å². The standard InChI is InChI=1S/C15H17NO2/c1-12(17)6-4-5-10-16-11-9-15(18)13-7-2-3-8-14(13)16/h2-3,7-9,11H,4-6,10H2,1H3. The van der Waals surface area contributed by atoms with E-state index in [1.54, 1.807) is 13.0 Å². The summed E-state index contributed by atoms with van der Waals surface area (Å²) in [6.45, 7) is 2.46. The van der Waals surface area contributed by atoms with E-state index in [9.17, 15) is 9.59 Å². The van der Waals surface area contributed by atoms with Gasteiger partial charge in [0.2, 0.25) is 0 Å². The lowest BCUT2D eigenvalue weighted by atomic mass is 10.1. The molecule has 0 aliphatic heterocycles. The molecule has 1 aromatic carbocycles. The number of pyridine rings is 1. The van der Waals surface area contributed by atoms with Crippen LogP contribution in [0.1, 0.15) is 26.2 Å². The van der Waals surface area contributed by atoms with E-state index < -0.39 is 0 Å². The highest BCUT2D eigenvalue weighted by atomic mass is 16.1. The zero-order chi connectivity index (χ0) is 13.0. The van der Waals surface area contributed by atoms with Crippen molar-refractivity contribution in [2.75, 3.05) is 0 Å². The molecular formula is C15H17NO2. The molecule has 3 nitrogen and oxygen atoms in total. The number of hydrogen-bond acceptors (Lipinski definition) is 2. The second-order valence-corrected chi connectivity index (χ2v) is 4.55. The number of para-hydroxylation sites is 1. The number of rotatable bonds is 5. The van der Waals surface area contributed by atoms with Gasteiger partial charge in [-0.3, -0.25) is 4.79 Å². The molecule has 2 rings (SSSR count). The molecule has 1 aromatic heterocycles. The summed E-state index contributed by atoms with van der Waals surface area (Å²) in [6.07, 6.45) is 4.32. The molecule has 0 aliphatic rings. The Morgan fingerprint density at radius 3 is 2.72 bits per heavy atom. The summed E-state index contributed by atoms with van der Waals surface area (Å²) in [4.78, 5) is 22.6. The maximum atomic E-state index is 11.7. The molecule has 94 valence electrons. The van der Waals surface area contributed by atoms with Crippen LogP contribution in [-0.2, 0) is 11.3 Å². The lowest BCUT2D eigenvalue weighted by Crippen LogP contribution is -2.08. The smallest absolute Gasteiger partial charge is 0.189 e. The van der Waals surface area contributed by atoms with Gasteiger partial charge >= 0.3 is 0 Å². The minimum atomic E-state index is 0.0607. The molecule has 0 radical (unpaired) electrons. The Labute approximate surface area is 106 Å². The van der Waals surface area contributed by atoms with Crippen molar-refractivity contribution in [3.8, 4) is 0 Å². The Morgan fingerprint density at radius 2 is 1.94 bits per heavy atom. The first-order chi connectivity index (χ1) is 8.68. The summed E-state index contributed by atoms with van der Waals surface area (Å²) in [5.41, 5.74) is 1.03. The molecule has 0 saturated carbocycles. The van der Waals surface area contributed by atoms with E-state index in [1.165, 1.54) is 0 Å². The molecule has 3 heteroatoms. The highest BCUT2D eigenvalue weighted by Crippen LogP contribution is 2.11. The van der Waals surface area contributed by atoms with E-state index in [0.29, 0.717) is 6.42 Å². The number of Topliss-reactive ketones (excluding diaryl/α,β-unsaturated/α-hetero) is 1. The van der Waals surface area contributed by atoms with Crippen molar-refractivity contribution in [1.29, 1.82) is 0 Å². The Balaban J connectivity index is 2.16. The molecular weight excluding hydrogens is 226 g/mol. The second-order valence-electron chi connectivity index (χ2n) is 4.55. The Kier molecular flexibility index (Phi) is 3.92. The van der Waals surface area contributed by atoms with E-state index in [1.807, 2.05) is 30.5 Å². The summed E-state index contributed by atoms with van der Waals surface area (Å²) in [6, 6.07) is 9.23. The summed E-state index contributed by atoms with van der Waals surface area (Å²) >= 11 is 0. The molecule has 0 N–H and O–H groups in total. The first-order valence-electron chi connectivity index (χ1n) is 6.26. The number of aromatic nitrogens is 1. The molecule has 0 atom stereocenters. The van der Waals surface area contributed by atoms with Gasteiger partial charge in [0, 0.05) is 30.6 Å². The predicted molar refractivity (Wildman–Crippen MR) is 72.7 cm³/mol. The number of nitrogens with zero attached hydrogens (tertiary/aromatic N) is 1. The van der Waals surface area contributed by atoms with Crippen LogP contribution in [0.5, 0.6) is 0 Å². The van der Waals surface area contributed by atoms with E-state index >= 15 is 0 Å². The Bertz CT molecular complexity index is 613. The maximum absolute atomic E-state index is 11.7. The van der Waals surface area contributed by atoms with E-state index in [-0.39, 0.29) is 11.2 Å². The van der Waals surface area contributed by atoms with Gasteiger partial charge in [-0.25, -0.2) is 0 Å². The van der Waals surface area contributed by atoms with Crippen LogP contribution >= 0.6 is 0 Å². The molecule has 0 amide bonds. The predicted octanol–water partition coefficient (Wildman–Crippen LogP) is 2.76. The highest BCUT2D eigenvalue weighted by Gasteiger charge is 2.01. The van der Waals surface area contributed by atoms with Crippen LogP contribution in [0, 0.1) is 0 Å². The van der Waals surface area contributed by atoms with Crippen molar-refractivity contribution in [1.82, 2.24) is 4.57 Å². The van der Waals surface area contributed by atoms with Crippen LogP contribution in [0.4, 0.5) is 0 Å². The molecule has 2 aromatic rings. The van der Waals surface area contributed by atoms with Crippen molar-refractivity contribution >= 4 is 16.7 Å². The van der Waals surface area contributed by atoms with Gasteiger partial charge in [-0.2, -0.15) is 0 Å². The molecule has 0 fully saturated rings. The number of carbonyl (C=O) groups is 1. The quantitative estimate of drug-likeness (QED) is 0.757. The number of carbonyl (C=O) groups excluding carboxylic acids is 1. The van der Waals surface area contributed by atoms with Gasteiger partial charge in [0.05, 0.1) is 5.52 Å². The van der Waals surface area contributed by atoms with Gasteiger partial charge in [0.1, 0.15) is 5.78 Å². The molecule has 0 aliphatic carbocycles. The fourth-order valence-corrected chi connectivity index (χ4v) is 2.11. The number of fused-ring (bicyclic) bond motifs is 1. The van der Waals surface area contributed by atoms with Gasteiger partial charge in [0.25, 0.3) is 0 Å². The monoisotopic (exact) mass is 243 g/mol. The molecule has 1 heterocycles. The molecule has 18 heavy (non-hydrogen) atoms. The average molecular weight is 243 g/mol. The van der Waals surface area contributed by atoms with Crippen LogP contribution < -0.4 is 5.43 Å². The third-order valence-electron chi connectivity index (χ3n) is 3.06. The molecule has 0 spiro atoms. The number of aryl methyl sites for hydroxylation is 1. The zero-order valence-corrected chi connectivity index (χ0v) is 10.6. The van der Waals surface area contributed by atoms with Crippen molar-refractivity contribution in [3.05, 3.63) is 46.8 Å². The van der Waals surface area contributed by atoms with Crippen molar-refractivity contribution in [3.63, 3.8) is 0 Å². The minimum absolute atomic E-state index is 0.0607. The molecule has 0 bridgehead atoms. The number of benzene rings is 1. The topological polar surface area (TPSA) is 39.1 Å². The third kappa shape index (κ3) is 2.86. The van der Waals surface area contributed by atoms with Gasteiger partial charge in [-0.05, 0) is 31.9 Å². The number of ketones is 1. The minimum Gasteiger partial charge on any atom is -0.347 e. The zero-order valence-electron chi connectivity index (χ0n) is 10.6. The van der Waals surface area contributed by atoms with Crippen molar-refractivity contribution in [2.24, 2.45) is 0 Å². The normalized spacial score (nSPS) is 10.7. The third-order valence-corrected chi connectivity index (χ3v) is 3.06. The van der Waals surface area contributed by atoms with Crippen molar-refractivity contribution in [2.45, 2.75) is 32.7 Å². The van der Waals surface area contributed by atoms with E-state index in [4.69, 9.17) is 0 Å². The maximum Gasteiger partial charge on any atom is 0.189 e. The lowest BCUT2D eigenvalue weighted by molar-refractivity contribution is -0.117. The van der Waals surface area contributed by atoms with Crippen LogP contribution in [0.3, 0.4) is 0 Å². The van der Waals surface area contributed by atoms with Gasteiger partial charge in [0.15, 0.2) is 5.43 Å². The van der Waals surface area contributed by atoms with E-state index in [0.717, 1.165) is 30.3 Å². The summed E-state index contributed by atoms with van der Waals surface area (Å²) in [5, 5.41) is 0.756. The van der Waals surface area contributed by atoms with Crippen LogP contribution in [0.15, 0.2) is 41.3 Å². The second kappa shape index (κ2) is 5.63.